The predicted octanol–water partition coefficient (Wildman–Crippen LogP) is 5.22. The predicted molar refractivity (Wildman–Crippen MR) is 88.6 cm³/mol. The molecule has 0 aliphatic heterocycles. The van der Waals surface area contributed by atoms with Gasteiger partial charge in [-0.05, 0) is 24.2 Å². The van der Waals surface area contributed by atoms with Crippen molar-refractivity contribution in [3.05, 3.63) is 46.8 Å². The van der Waals surface area contributed by atoms with Crippen LogP contribution in [0.4, 0.5) is 4.39 Å². The Hall–Kier alpha value is -0.683. The van der Waals surface area contributed by atoms with Gasteiger partial charge in [0, 0.05) is 16.1 Å². The van der Waals surface area contributed by atoms with Crippen molar-refractivity contribution in [3.8, 4) is 0 Å². The summed E-state index contributed by atoms with van der Waals surface area (Å²) in [4.78, 5) is 0. The lowest BCUT2D eigenvalue weighted by molar-refractivity contribution is 0.221. The van der Waals surface area contributed by atoms with Crippen LogP contribution in [0.2, 0.25) is 23.2 Å². The van der Waals surface area contributed by atoms with Crippen LogP contribution >= 0.6 is 11.6 Å². The van der Waals surface area contributed by atoms with Crippen LogP contribution in [0, 0.1) is 5.82 Å². The molecule has 1 unspecified atom stereocenters. The summed E-state index contributed by atoms with van der Waals surface area (Å²) in [5.41, 5.74) is 0.461. The minimum atomic E-state index is -1.99. The van der Waals surface area contributed by atoms with Gasteiger partial charge in [0.2, 0.25) is 0 Å². The van der Waals surface area contributed by atoms with Crippen LogP contribution in [0.25, 0.3) is 0 Å². The fourth-order valence-corrected chi connectivity index (χ4v) is 2.71. The Balaban J connectivity index is 3.07. The normalized spacial score (nSPS) is 14.1. The van der Waals surface area contributed by atoms with E-state index in [1.807, 2.05) is 0 Å². The molecule has 1 atom stereocenters. The second-order valence-corrected chi connectivity index (χ2v) is 11.9. The van der Waals surface area contributed by atoms with E-state index in [1.165, 1.54) is 12.1 Å². The van der Waals surface area contributed by atoms with Crippen LogP contribution in [-0.4, -0.2) is 13.4 Å². The van der Waals surface area contributed by atoms with E-state index in [-0.39, 0.29) is 17.2 Å². The number of aliphatic hydroxyl groups is 1. The molecule has 0 saturated carbocycles. The van der Waals surface area contributed by atoms with Gasteiger partial charge in [0.05, 0.1) is 12.7 Å². The van der Waals surface area contributed by atoms with Crippen molar-refractivity contribution >= 4 is 19.9 Å². The smallest absolute Gasteiger partial charge is 0.192 e. The van der Waals surface area contributed by atoms with Gasteiger partial charge in [-0.1, -0.05) is 44.5 Å². The van der Waals surface area contributed by atoms with Crippen molar-refractivity contribution in [2.45, 2.75) is 51.6 Å². The lowest BCUT2D eigenvalue weighted by Crippen LogP contribution is -2.40. The van der Waals surface area contributed by atoms with Crippen molar-refractivity contribution in [3.63, 3.8) is 0 Å². The maximum atomic E-state index is 14.5. The Morgan fingerprint density at radius 2 is 2.00 bits per heavy atom. The summed E-state index contributed by atoms with van der Waals surface area (Å²) in [5.74, 6) is -0.520. The maximum absolute atomic E-state index is 14.5. The molecule has 2 nitrogen and oxygen atoms in total. The van der Waals surface area contributed by atoms with Crippen LogP contribution in [0.5, 0.6) is 0 Å². The van der Waals surface area contributed by atoms with Crippen LogP contribution in [-0.2, 0) is 11.0 Å². The van der Waals surface area contributed by atoms with Gasteiger partial charge in [-0.3, -0.25) is 0 Å². The molecule has 21 heavy (non-hydrogen) atoms. The van der Waals surface area contributed by atoms with Crippen molar-refractivity contribution in [2.75, 3.05) is 0 Å². The molecular formula is C16H24ClFO2Si. The molecule has 0 heterocycles. The molecule has 0 saturated heterocycles. The summed E-state index contributed by atoms with van der Waals surface area (Å²) in [5, 5.41) is 10.1. The third-order valence-corrected chi connectivity index (χ3v) is 8.97. The molecule has 0 amide bonds. The first kappa shape index (κ1) is 18.4. The Bertz CT molecular complexity index is 524. The summed E-state index contributed by atoms with van der Waals surface area (Å²) in [6, 6.07) is 3.05. The monoisotopic (exact) mass is 330 g/mol. The molecule has 1 N–H and O–H groups in total. The van der Waals surface area contributed by atoms with E-state index in [9.17, 15) is 9.50 Å². The molecule has 0 fully saturated rings. The van der Waals surface area contributed by atoms with Crippen molar-refractivity contribution in [2.24, 2.45) is 0 Å². The SMILES string of the molecule is C=CC(O)c1ccc(Cl)c(CO[Si](C)(C)C(C)(C)C)c1F. The number of hydrogen-bond acceptors (Lipinski definition) is 2. The quantitative estimate of drug-likeness (QED) is 0.592. The molecule has 0 radical (unpaired) electrons. The lowest BCUT2D eigenvalue weighted by Gasteiger charge is -2.36. The third kappa shape index (κ3) is 4.16. The Kier molecular flexibility index (Phi) is 5.78. The van der Waals surface area contributed by atoms with Crippen LogP contribution < -0.4 is 0 Å². The highest BCUT2D eigenvalue weighted by Gasteiger charge is 2.37. The molecule has 118 valence electrons. The first-order valence-corrected chi connectivity index (χ1v) is 10.2. The molecule has 0 aliphatic rings. The molecule has 0 aromatic heterocycles. The molecule has 0 aliphatic carbocycles. The van der Waals surface area contributed by atoms with E-state index in [1.54, 1.807) is 6.07 Å². The van der Waals surface area contributed by atoms with Crippen molar-refractivity contribution in [1.29, 1.82) is 0 Å². The van der Waals surface area contributed by atoms with Gasteiger partial charge < -0.3 is 9.53 Å². The Labute approximate surface area is 132 Å². The second-order valence-electron chi connectivity index (χ2n) is 6.66. The molecule has 1 rings (SSSR count). The van der Waals surface area contributed by atoms with E-state index in [2.05, 4.69) is 40.4 Å². The van der Waals surface area contributed by atoms with Gasteiger partial charge in [0.15, 0.2) is 8.32 Å². The summed E-state index contributed by atoms with van der Waals surface area (Å²) in [6.45, 7) is 14.1. The van der Waals surface area contributed by atoms with Gasteiger partial charge >= 0.3 is 0 Å². The third-order valence-electron chi connectivity index (χ3n) is 4.14. The summed E-state index contributed by atoms with van der Waals surface area (Å²) in [7, 11) is -1.99. The molecule has 5 heteroatoms. The van der Waals surface area contributed by atoms with Crippen LogP contribution in [0.1, 0.15) is 38.0 Å². The first-order chi connectivity index (χ1) is 9.51. The van der Waals surface area contributed by atoms with Gasteiger partial charge in [-0.25, -0.2) is 4.39 Å². The molecule has 1 aromatic rings. The van der Waals surface area contributed by atoms with E-state index in [0.717, 1.165) is 0 Å². The topological polar surface area (TPSA) is 29.5 Å². The lowest BCUT2D eigenvalue weighted by atomic mass is 10.1. The maximum Gasteiger partial charge on any atom is 0.192 e. The van der Waals surface area contributed by atoms with E-state index < -0.39 is 20.2 Å². The minimum absolute atomic E-state index is 0.0359. The van der Waals surface area contributed by atoms with Crippen LogP contribution in [0.15, 0.2) is 24.8 Å². The highest BCUT2D eigenvalue weighted by molar-refractivity contribution is 6.74. The zero-order chi connectivity index (χ0) is 16.4. The molecule has 0 spiro atoms. The standard InChI is InChI=1S/C16H24ClFO2Si/c1-7-14(19)11-8-9-13(17)12(15(11)18)10-20-21(5,6)16(2,3)4/h7-9,14,19H,1,10H2,2-6H3. The van der Waals surface area contributed by atoms with E-state index >= 15 is 0 Å². The van der Waals surface area contributed by atoms with Gasteiger partial charge in [-0.15, -0.1) is 6.58 Å². The highest BCUT2D eigenvalue weighted by atomic mass is 35.5. The Morgan fingerprint density at radius 1 is 1.43 bits per heavy atom. The zero-order valence-electron chi connectivity index (χ0n) is 13.3. The fraction of sp³-hybridized carbons (Fsp3) is 0.500. The van der Waals surface area contributed by atoms with Gasteiger partial charge in [0.25, 0.3) is 0 Å². The average Bonchev–Trinajstić information content (AvgIpc) is 2.36. The Morgan fingerprint density at radius 3 is 2.48 bits per heavy atom. The van der Waals surface area contributed by atoms with Crippen LogP contribution in [0.3, 0.4) is 0 Å². The number of benzene rings is 1. The molecule has 0 bridgehead atoms. The molecule has 1 aromatic carbocycles. The molecular weight excluding hydrogens is 307 g/mol. The van der Waals surface area contributed by atoms with Crippen molar-refractivity contribution in [1.82, 2.24) is 0 Å². The number of aliphatic hydroxyl groups excluding tert-OH is 1. The van der Waals surface area contributed by atoms with Gasteiger partial charge in [0.1, 0.15) is 5.82 Å². The minimum Gasteiger partial charge on any atom is -0.412 e. The fourth-order valence-electron chi connectivity index (χ4n) is 1.57. The number of hydrogen-bond donors (Lipinski definition) is 1. The van der Waals surface area contributed by atoms with E-state index in [0.29, 0.717) is 10.6 Å². The summed E-state index contributed by atoms with van der Waals surface area (Å²) in [6.07, 6.45) is 0.235. The largest absolute Gasteiger partial charge is 0.412 e. The summed E-state index contributed by atoms with van der Waals surface area (Å²) >= 11 is 6.08. The summed E-state index contributed by atoms with van der Waals surface area (Å²) < 4.78 is 20.5. The van der Waals surface area contributed by atoms with E-state index in [4.69, 9.17) is 16.0 Å². The first-order valence-electron chi connectivity index (χ1n) is 6.92. The zero-order valence-corrected chi connectivity index (χ0v) is 15.1. The average molecular weight is 331 g/mol. The highest BCUT2D eigenvalue weighted by Crippen LogP contribution is 2.38. The second kappa shape index (κ2) is 6.61. The van der Waals surface area contributed by atoms with Crippen molar-refractivity contribution < 1.29 is 13.9 Å². The number of rotatable bonds is 5. The number of halogens is 2. The van der Waals surface area contributed by atoms with Gasteiger partial charge in [-0.2, -0.15) is 0 Å².